The first kappa shape index (κ1) is 21.7. The lowest BCUT2D eigenvalue weighted by Gasteiger charge is -2.15. The smallest absolute Gasteiger partial charge is 0.236 e. The van der Waals surface area contributed by atoms with Gasteiger partial charge in [-0.25, -0.2) is 0 Å². The van der Waals surface area contributed by atoms with Gasteiger partial charge in [0.15, 0.2) is 0 Å². The van der Waals surface area contributed by atoms with E-state index < -0.39 is 0 Å². The third kappa shape index (κ3) is 8.08. The van der Waals surface area contributed by atoms with Gasteiger partial charge in [-0.2, -0.15) is 0 Å². The van der Waals surface area contributed by atoms with Crippen molar-refractivity contribution in [2.24, 2.45) is 5.73 Å². The number of ether oxygens (including phenoxy) is 1. The molecule has 6 heteroatoms. The van der Waals surface area contributed by atoms with Gasteiger partial charge >= 0.3 is 0 Å². The summed E-state index contributed by atoms with van der Waals surface area (Å²) in [4.78, 5) is 14.2. The number of amides is 1. The Bertz CT molecular complexity index is 490. The van der Waals surface area contributed by atoms with Crippen molar-refractivity contribution in [2.45, 2.75) is 45.1 Å². The van der Waals surface area contributed by atoms with Crippen LogP contribution in [0.3, 0.4) is 0 Å². The number of hydrogen-bond acceptors (Lipinski definition) is 4. The molecule has 1 aromatic carbocycles. The summed E-state index contributed by atoms with van der Waals surface area (Å²) >= 11 is 0. The molecule has 1 amide bonds. The molecule has 1 unspecified atom stereocenters. The SMILES string of the molecule is CCCC(N)C(=O)NCCc1ccc(OCCN2CCCC2)cc1.Cl. The Hall–Kier alpha value is -1.30. The van der Waals surface area contributed by atoms with Gasteiger partial charge in [-0.05, 0) is 56.5 Å². The van der Waals surface area contributed by atoms with Gasteiger partial charge in [0.2, 0.25) is 5.91 Å². The van der Waals surface area contributed by atoms with E-state index in [1.54, 1.807) is 0 Å². The van der Waals surface area contributed by atoms with Crippen LogP contribution in [0.1, 0.15) is 38.2 Å². The normalized spacial score (nSPS) is 15.4. The summed E-state index contributed by atoms with van der Waals surface area (Å²) in [5.74, 6) is 0.852. The van der Waals surface area contributed by atoms with Crippen molar-refractivity contribution in [1.29, 1.82) is 0 Å². The number of benzene rings is 1. The summed E-state index contributed by atoms with van der Waals surface area (Å²) < 4.78 is 5.80. The van der Waals surface area contributed by atoms with Crippen LogP contribution in [0, 0.1) is 0 Å². The molecule has 1 atom stereocenters. The van der Waals surface area contributed by atoms with Gasteiger partial charge in [0, 0.05) is 13.1 Å². The first-order valence-corrected chi connectivity index (χ1v) is 9.16. The molecule has 3 N–H and O–H groups in total. The highest BCUT2D eigenvalue weighted by molar-refractivity contribution is 5.85. The highest BCUT2D eigenvalue weighted by Gasteiger charge is 2.11. The highest BCUT2D eigenvalue weighted by atomic mass is 35.5. The maximum absolute atomic E-state index is 11.7. The maximum Gasteiger partial charge on any atom is 0.236 e. The Kier molecular flexibility index (Phi) is 10.5. The summed E-state index contributed by atoms with van der Waals surface area (Å²) in [6.45, 7) is 6.80. The number of carbonyl (C=O) groups excluding carboxylic acids is 1. The van der Waals surface area contributed by atoms with Crippen molar-refractivity contribution < 1.29 is 9.53 Å². The molecule has 0 radical (unpaired) electrons. The molecule has 0 saturated carbocycles. The quantitative estimate of drug-likeness (QED) is 0.664. The largest absolute Gasteiger partial charge is 0.492 e. The van der Waals surface area contributed by atoms with Gasteiger partial charge in [-0.15, -0.1) is 12.4 Å². The van der Waals surface area contributed by atoms with E-state index in [1.807, 2.05) is 19.1 Å². The topological polar surface area (TPSA) is 67.6 Å². The minimum Gasteiger partial charge on any atom is -0.492 e. The Balaban J connectivity index is 0.00000312. The van der Waals surface area contributed by atoms with E-state index in [0.29, 0.717) is 6.54 Å². The van der Waals surface area contributed by atoms with Crippen molar-refractivity contribution in [3.63, 3.8) is 0 Å². The van der Waals surface area contributed by atoms with Crippen molar-refractivity contribution in [2.75, 3.05) is 32.8 Å². The average molecular weight is 370 g/mol. The van der Waals surface area contributed by atoms with Crippen LogP contribution in [0.5, 0.6) is 5.75 Å². The number of likely N-dealkylation sites (tertiary alicyclic amines) is 1. The Morgan fingerprint density at radius 1 is 1.28 bits per heavy atom. The van der Waals surface area contributed by atoms with Crippen molar-refractivity contribution in [1.82, 2.24) is 10.2 Å². The molecule has 25 heavy (non-hydrogen) atoms. The van der Waals surface area contributed by atoms with E-state index in [9.17, 15) is 4.79 Å². The number of rotatable bonds is 10. The molecule has 1 aliphatic heterocycles. The van der Waals surface area contributed by atoms with Gasteiger partial charge in [-0.1, -0.05) is 25.5 Å². The minimum absolute atomic E-state index is 0. The summed E-state index contributed by atoms with van der Waals surface area (Å²) in [6, 6.07) is 7.74. The molecule has 1 aromatic rings. The van der Waals surface area contributed by atoms with Crippen LogP contribution in [0.15, 0.2) is 24.3 Å². The molecule has 1 saturated heterocycles. The predicted octanol–water partition coefficient (Wildman–Crippen LogP) is 2.37. The van der Waals surface area contributed by atoms with Crippen LogP contribution in [0.25, 0.3) is 0 Å². The maximum atomic E-state index is 11.7. The lowest BCUT2D eigenvalue weighted by molar-refractivity contribution is -0.122. The van der Waals surface area contributed by atoms with E-state index in [0.717, 1.165) is 38.2 Å². The average Bonchev–Trinajstić information content (AvgIpc) is 3.10. The number of carbonyl (C=O) groups is 1. The number of halogens is 1. The fourth-order valence-corrected chi connectivity index (χ4v) is 2.95. The van der Waals surface area contributed by atoms with E-state index in [-0.39, 0.29) is 24.4 Å². The van der Waals surface area contributed by atoms with Crippen LogP contribution in [-0.2, 0) is 11.2 Å². The van der Waals surface area contributed by atoms with E-state index in [1.165, 1.54) is 31.5 Å². The summed E-state index contributed by atoms with van der Waals surface area (Å²) in [5.41, 5.74) is 6.97. The minimum atomic E-state index is -0.388. The number of nitrogens with zero attached hydrogens (tertiary/aromatic N) is 1. The fraction of sp³-hybridized carbons (Fsp3) is 0.632. The molecular formula is C19H32ClN3O2. The molecule has 1 heterocycles. The first-order chi connectivity index (χ1) is 11.7. The van der Waals surface area contributed by atoms with E-state index in [4.69, 9.17) is 10.5 Å². The zero-order chi connectivity index (χ0) is 17.2. The third-order valence-electron chi connectivity index (χ3n) is 4.45. The molecule has 0 aliphatic carbocycles. The Morgan fingerprint density at radius 3 is 2.60 bits per heavy atom. The molecule has 0 bridgehead atoms. The molecule has 0 spiro atoms. The van der Waals surface area contributed by atoms with Gasteiger partial charge in [0.1, 0.15) is 12.4 Å². The van der Waals surface area contributed by atoms with Crippen molar-refractivity contribution in [3.8, 4) is 5.75 Å². The molecule has 2 rings (SSSR count). The zero-order valence-electron chi connectivity index (χ0n) is 15.2. The van der Waals surface area contributed by atoms with Crippen LogP contribution < -0.4 is 15.8 Å². The van der Waals surface area contributed by atoms with Crippen LogP contribution in [0.2, 0.25) is 0 Å². The second kappa shape index (κ2) is 12.1. The lowest BCUT2D eigenvalue weighted by atomic mass is 10.1. The Morgan fingerprint density at radius 2 is 1.96 bits per heavy atom. The lowest BCUT2D eigenvalue weighted by Crippen LogP contribution is -2.41. The molecule has 1 fully saturated rings. The van der Waals surface area contributed by atoms with Gasteiger partial charge in [0.05, 0.1) is 6.04 Å². The second-order valence-corrected chi connectivity index (χ2v) is 6.48. The summed E-state index contributed by atoms with van der Waals surface area (Å²) in [6.07, 6.45) is 5.09. The van der Waals surface area contributed by atoms with E-state index >= 15 is 0 Å². The molecule has 142 valence electrons. The summed E-state index contributed by atoms with van der Waals surface area (Å²) in [5, 5.41) is 2.90. The zero-order valence-corrected chi connectivity index (χ0v) is 16.0. The molecule has 1 aliphatic rings. The van der Waals surface area contributed by atoms with Gasteiger partial charge in [0.25, 0.3) is 0 Å². The van der Waals surface area contributed by atoms with Crippen LogP contribution >= 0.6 is 12.4 Å². The molecule has 5 nitrogen and oxygen atoms in total. The Labute approximate surface area is 157 Å². The fourth-order valence-electron chi connectivity index (χ4n) is 2.95. The summed E-state index contributed by atoms with van der Waals surface area (Å²) in [7, 11) is 0. The van der Waals surface area contributed by atoms with Gasteiger partial charge in [-0.3, -0.25) is 9.69 Å². The standard InChI is InChI=1S/C19H31N3O2.ClH/c1-2-5-18(20)19(23)21-11-10-16-6-8-17(9-7-16)24-15-14-22-12-3-4-13-22;/h6-9,18H,2-5,10-15,20H2,1H3,(H,21,23);1H. The molecular weight excluding hydrogens is 338 g/mol. The predicted molar refractivity (Wildman–Crippen MR) is 104 cm³/mol. The monoisotopic (exact) mass is 369 g/mol. The van der Waals surface area contributed by atoms with Crippen molar-refractivity contribution >= 4 is 18.3 Å². The number of nitrogens with two attached hydrogens (primary N) is 1. The van der Waals surface area contributed by atoms with Crippen LogP contribution in [0.4, 0.5) is 0 Å². The number of hydrogen-bond donors (Lipinski definition) is 2. The highest BCUT2D eigenvalue weighted by Crippen LogP contribution is 2.13. The third-order valence-corrected chi connectivity index (χ3v) is 4.45. The van der Waals surface area contributed by atoms with E-state index in [2.05, 4.69) is 22.3 Å². The van der Waals surface area contributed by atoms with Gasteiger partial charge < -0.3 is 15.8 Å². The number of nitrogens with one attached hydrogen (secondary N) is 1. The molecule has 0 aromatic heterocycles. The first-order valence-electron chi connectivity index (χ1n) is 9.16. The second-order valence-electron chi connectivity index (χ2n) is 6.48. The van der Waals surface area contributed by atoms with Crippen molar-refractivity contribution in [3.05, 3.63) is 29.8 Å². The van der Waals surface area contributed by atoms with Crippen LogP contribution in [-0.4, -0.2) is 49.6 Å².